The molecule has 244 valence electrons. The molecule has 0 saturated heterocycles. The highest BCUT2D eigenvalue weighted by Crippen LogP contribution is 2.20. The van der Waals surface area contributed by atoms with Crippen molar-refractivity contribution in [2.75, 3.05) is 32.2 Å². The molecule has 0 radical (unpaired) electrons. The quantitative estimate of drug-likeness (QED) is 0.134. The molecule has 0 fully saturated rings. The lowest BCUT2D eigenvalue weighted by atomic mass is 10.0. The molecule has 3 N–H and O–H groups in total. The van der Waals surface area contributed by atoms with Crippen molar-refractivity contribution >= 4 is 27.6 Å². The zero-order valence-electron chi connectivity index (χ0n) is 26.0. The number of aliphatic carboxylic acids is 1. The van der Waals surface area contributed by atoms with Gasteiger partial charge in [-0.3, -0.25) is 9.59 Å². The number of sulfonamides is 1. The minimum atomic E-state index is -3.99. The summed E-state index contributed by atoms with van der Waals surface area (Å²) in [5.74, 6) is 1.75. The van der Waals surface area contributed by atoms with Gasteiger partial charge >= 0.3 is 5.97 Å². The SMILES string of the molecule is COc1ccnc(NCCCOc2ccc(C[C@@H](CC(=O)O)NS(=O)(=O)c3ccc(OCCCCC(=O)C(C)C)cc3)cc2)c1. The summed E-state index contributed by atoms with van der Waals surface area (Å²) in [5.41, 5.74) is 0.765. The largest absolute Gasteiger partial charge is 0.497 e. The summed E-state index contributed by atoms with van der Waals surface area (Å²) >= 11 is 0. The van der Waals surface area contributed by atoms with Gasteiger partial charge in [0.25, 0.3) is 0 Å². The summed E-state index contributed by atoms with van der Waals surface area (Å²) in [6.07, 6.45) is 4.17. The van der Waals surface area contributed by atoms with Gasteiger partial charge in [0.05, 0.1) is 31.6 Å². The minimum absolute atomic E-state index is 0.00758. The lowest BCUT2D eigenvalue weighted by Crippen LogP contribution is -2.38. The summed E-state index contributed by atoms with van der Waals surface area (Å²) in [4.78, 5) is 27.5. The number of nitrogens with one attached hydrogen (secondary N) is 2. The number of unbranched alkanes of at least 4 members (excludes halogenated alkanes) is 1. The number of hydrogen-bond acceptors (Lipinski definition) is 9. The van der Waals surface area contributed by atoms with Crippen molar-refractivity contribution in [1.29, 1.82) is 0 Å². The second-order valence-electron chi connectivity index (χ2n) is 10.9. The highest BCUT2D eigenvalue weighted by Gasteiger charge is 2.23. The number of ketones is 1. The Hall–Kier alpha value is -4.16. The first-order valence-electron chi connectivity index (χ1n) is 15.0. The van der Waals surface area contributed by atoms with Crippen molar-refractivity contribution in [3.63, 3.8) is 0 Å². The first kappa shape index (κ1) is 35.3. The van der Waals surface area contributed by atoms with E-state index in [4.69, 9.17) is 14.2 Å². The number of carbonyl (C=O) groups excluding carboxylic acids is 1. The Morgan fingerprint density at radius 1 is 0.889 bits per heavy atom. The van der Waals surface area contributed by atoms with Crippen LogP contribution in [0.25, 0.3) is 0 Å². The number of carboxylic acids is 1. The highest BCUT2D eigenvalue weighted by molar-refractivity contribution is 7.89. The lowest BCUT2D eigenvalue weighted by Gasteiger charge is -2.18. The Kier molecular flexibility index (Phi) is 14.1. The molecule has 2 aromatic carbocycles. The Morgan fingerprint density at radius 3 is 2.16 bits per heavy atom. The van der Waals surface area contributed by atoms with E-state index in [1.54, 1.807) is 55.8 Å². The number of benzene rings is 2. The van der Waals surface area contributed by atoms with Crippen LogP contribution in [0.5, 0.6) is 17.2 Å². The van der Waals surface area contributed by atoms with Gasteiger partial charge in [0.1, 0.15) is 28.8 Å². The fraction of sp³-hybridized carbons (Fsp3) is 0.424. The van der Waals surface area contributed by atoms with Crippen LogP contribution in [0.2, 0.25) is 0 Å². The van der Waals surface area contributed by atoms with E-state index in [2.05, 4.69) is 15.0 Å². The maximum Gasteiger partial charge on any atom is 0.304 e. The molecule has 0 amide bonds. The maximum absolute atomic E-state index is 13.1. The molecule has 3 rings (SSSR count). The van der Waals surface area contributed by atoms with Gasteiger partial charge in [-0.15, -0.1) is 0 Å². The predicted octanol–water partition coefficient (Wildman–Crippen LogP) is 5.11. The number of carboxylic acid groups (broad SMARTS) is 1. The van der Waals surface area contributed by atoms with Crippen molar-refractivity contribution < 1.29 is 37.3 Å². The monoisotopic (exact) mass is 641 g/mol. The molecule has 0 unspecified atom stereocenters. The number of ether oxygens (including phenoxy) is 3. The summed E-state index contributed by atoms with van der Waals surface area (Å²) in [6, 6.07) is 15.8. The molecular weight excluding hydrogens is 598 g/mol. The number of Topliss-reactive ketones (excluding diaryl/α,β-unsaturated/α-hetero) is 1. The molecule has 0 saturated carbocycles. The molecule has 1 atom stereocenters. The molecule has 45 heavy (non-hydrogen) atoms. The molecule has 0 spiro atoms. The summed E-state index contributed by atoms with van der Waals surface area (Å²) in [7, 11) is -2.39. The van der Waals surface area contributed by atoms with Gasteiger partial charge in [0.2, 0.25) is 10.0 Å². The molecule has 0 bridgehead atoms. The molecule has 0 aliphatic rings. The number of pyridine rings is 1. The van der Waals surface area contributed by atoms with Crippen molar-refractivity contribution in [3.8, 4) is 17.2 Å². The van der Waals surface area contributed by atoms with Gasteiger partial charge in [-0.05, 0) is 73.7 Å². The Morgan fingerprint density at radius 2 is 1.53 bits per heavy atom. The zero-order chi connectivity index (χ0) is 32.7. The second-order valence-corrected chi connectivity index (χ2v) is 12.6. The van der Waals surface area contributed by atoms with Crippen LogP contribution in [0.15, 0.2) is 71.8 Å². The smallest absolute Gasteiger partial charge is 0.304 e. The summed E-state index contributed by atoms with van der Waals surface area (Å²) in [6.45, 7) is 5.31. The number of nitrogens with zero attached hydrogens (tertiary/aromatic N) is 1. The highest BCUT2D eigenvalue weighted by atomic mass is 32.2. The Balaban J connectivity index is 1.46. The van der Waals surface area contributed by atoms with E-state index in [0.29, 0.717) is 44.1 Å². The molecule has 11 nitrogen and oxygen atoms in total. The van der Waals surface area contributed by atoms with Gasteiger partial charge in [-0.2, -0.15) is 0 Å². The first-order chi connectivity index (χ1) is 21.6. The second kappa shape index (κ2) is 18.0. The van der Waals surface area contributed by atoms with E-state index in [9.17, 15) is 23.1 Å². The van der Waals surface area contributed by atoms with Crippen molar-refractivity contribution in [3.05, 3.63) is 72.4 Å². The van der Waals surface area contributed by atoms with Crippen LogP contribution in [0.4, 0.5) is 5.82 Å². The molecule has 1 aromatic heterocycles. The predicted molar refractivity (Wildman–Crippen MR) is 172 cm³/mol. The fourth-order valence-electron chi connectivity index (χ4n) is 4.37. The number of aromatic nitrogens is 1. The van der Waals surface area contributed by atoms with Crippen LogP contribution in [-0.4, -0.2) is 63.2 Å². The van der Waals surface area contributed by atoms with Crippen LogP contribution < -0.4 is 24.2 Å². The third-order valence-corrected chi connectivity index (χ3v) is 8.41. The van der Waals surface area contributed by atoms with Gasteiger partial charge in [-0.25, -0.2) is 18.1 Å². The zero-order valence-corrected chi connectivity index (χ0v) is 26.8. The van der Waals surface area contributed by atoms with Crippen LogP contribution in [0, 0.1) is 5.92 Å². The van der Waals surface area contributed by atoms with Gasteiger partial charge < -0.3 is 24.6 Å². The number of rotatable bonds is 21. The first-order valence-corrected chi connectivity index (χ1v) is 16.5. The Bertz CT molecular complexity index is 1460. The average molecular weight is 642 g/mol. The number of carbonyl (C=O) groups is 2. The van der Waals surface area contributed by atoms with E-state index in [0.717, 1.165) is 30.0 Å². The lowest BCUT2D eigenvalue weighted by molar-refractivity contribution is -0.137. The molecule has 1 heterocycles. The Labute approximate surface area is 265 Å². The number of hydrogen-bond donors (Lipinski definition) is 3. The van der Waals surface area contributed by atoms with E-state index in [-0.39, 0.29) is 29.4 Å². The van der Waals surface area contributed by atoms with Crippen molar-refractivity contribution in [2.24, 2.45) is 5.92 Å². The average Bonchev–Trinajstić information content (AvgIpc) is 3.01. The van der Waals surface area contributed by atoms with Crippen LogP contribution in [0.3, 0.4) is 0 Å². The summed E-state index contributed by atoms with van der Waals surface area (Å²) in [5, 5.41) is 12.6. The normalized spacial score (nSPS) is 12.0. The summed E-state index contributed by atoms with van der Waals surface area (Å²) < 4.78 is 45.4. The van der Waals surface area contributed by atoms with Gasteiger partial charge in [-0.1, -0.05) is 26.0 Å². The van der Waals surface area contributed by atoms with Crippen LogP contribution >= 0.6 is 0 Å². The van der Waals surface area contributed by atoms with Crippen LogP contribution in [-0.2, 0) is 26.0 Å². The van der Waals surface area contributed by atoms with E-state index >= 15 is 0 Å². The molecule has 0 aliphatic carbocycles. The molecule has 12 heteroatoms. The third-order valence-electron chi connectivity index (χ3n) is 6.88. The minimum Gasteiger partial charge on any atom is -0.497 e. The van der Waals surface area contributed by atoms with E-state index in [1.165, 1.54) is 12.1 Å². The molecular formula is C33H43N3O8S. The van der Waals surface area contributed by atoms with Gasteiger partial charge in [0, 0.05) is 37.2 Å². The van der Waals surface area contributed by atoms with Crippen molar-refractivity contribution in [2.45, 2.75) is 63.3 Å². The number of anilines is 1. The van der Waals surface area contributed by atoms with Crippen LogP contribution in [0.1, 0.15) is 51.5 Å². The van der Waals surface area contributed by atoms with Gasteiger partial charge in [0.15, 0.2) is 0 Å². The van der Waals surface area contributed by atoms with E-state index < -0.39 is 22.0 Å². The fourth-order valence-corrected chi connectivity index (χ4v) is 5.60. The topological polar surface area (TPSA) is 153 Å². The number of methoxy groups -OCH3 is 1. The molecule has 0 aliphatic heterocycles. The maximum atomic E-state index is 13.1. The third kappa shape index (κ3) is 12.8. The standard InChI is InChI=1S/C33H43N3O8S/c1-24(2)31(37)7-4-5-19-43-28-12-14-30(15-13-28)45(40,41)36-26(22-33(38)39)21-25-8-10-27(11-9-25)44-20-6-17-34-32-23-29(42-3)16-18-35-32/h8-16,18,23-24,26,36H,4-7,17,19-22H2,1-3H3,(H,34,35)(H,38,39)/t26-/m0/s1. The van der Waals surface area contributed by atoms with Crippen molar-refractivity contribution in [1.82, 2.24) is 9.71 Å². The van der Waals surface area contributed by atoms with E-state index in [1.807, 2.05) is 19.9 Å². The molecule has 3 aromatic rings.